The van der Waals surface area contributed by atoms with E-state index in [4.69, 9.17) is 0 Å². The van der Waals surface area contributed by atoms with Crippen LogP contribution < -0.4 is 0 Å². The molecule has 0 aliphatic heterocycles. The minimum Gasteiger partial charge on any atom is -0.299 e. The molecule has 1 heteroatoms. The molecule has 0 amide bonds. The van der Waals surface area contributed by atoms with Gasteiger partial charge < -0.3 is 0 Å². The molecule has 4 aliphatic rings. The Bertz CT molecular complexity index is 464. The fourth-order valence-electron chi connectivity index (χ4n) is 6.58. The summed E-state index contributed by atoms with van der Waals surface area (Å²) in [5.41, 5.74) is 0.738. The predicted molar refractivity (Wildman–Crippen MR) is 81.3 cm³/mol. The lowest BCUT2D eigenvalue weighted by Crippen LogP contribution is -2.55. The number of allylic oxidation sites excluding steroid dienone is 2. The van der Waals surface area contributed by atoms with Crippen LogP contribution in [0.4, 0.5) is 0 Å². The monoisotopic (exact) mass is 272 g/mol. The number of Topliss-reactive ketones (excluding diaryl/α,β-unsaturated/α-hetero) is 1. The standard InChI is InChI=1S/C19H28O/c1-18-9-5-7-14(18)13-12-17(20)16-6-3-4-10-19(16,2)15(13)8-11-18/h5,9,13-16H,3-4,6-8,10-12H2,1-2H3. The lowest BCUT2D eigenvalue weighted by molar-refractivity contribution is -0.150. The normalized spacial score (nSPS) is 54.2. The second-order valence-electron chi connectivity index (χ2n) is 8.53. The number of carbonyl (C=O) groups excluding carboxylic acids is 1. The summed E-state index contributed by atoms with van der Waals surface area (Å²) in [6, 6.07) is 0. The summed E-state index contributed by atoms with van der Waals surface area (Å²) in [5.74, 6) is 3.27. The molecule has 0 aromatic carbocycles. The highest BCUT2D eigenvalue weighted by Gasteiger charge is 2.58. The first-order chi connectivity index (χ1) is 9.55. The number of rotatable bonds is 0. The Labute approximate surface area is 123 Å². The van der Waals surface area contributed by atoms with Crippen LogP contribution in [-0.4, -0.2) is 5.78 Å². The summed E-state index contributed by atoms with van der Waals surface area (Å²) in [6.07, 6.45) is 14.8. The molecule has 3 fully saturated rings. The van der Waals surface area contributed by atoms with Gasteiger partial charge in [-0.15, -0.1) is 0 Å². The first-order valence-electron chi connectivity index (χ1n) is 8.75. The molecule has 0 saturated heterocycles. The quantitative estimate of drug-likeness (QED) is 0.581. The third-order valence-electron chi connectivity index (χ3n) is 7.69. The minimum atomic E-state index is 0.335. The van der Waals surface area contributed by atoms with Crippen molar-refractivity contribution in [2.24, 2.45) is 34.5 Å². The van der Waals surface area contributed by atoms with Gasteiger partial charge in [-0.3, -0.25) is 4.79 Å². The van der Waals surface area contributed by atoms with Crippen LogP contribution in [0.25, 0.3) is 0 Å². The van der Waals surface area contributed by atoms with Gasteiger partial charge in [-0.05, 0) is 60.7 Å². The first-order valence-corrected chi connectivity index (χ1v) is 8.75. The Kier molecular flexibility index (Phi) is 2.76. The SMILES string of the molecule is CC12C=CCC1C1CC(=O)C3CCCCC3(C)C1CC2. The van der Waals surface area contributed by atoms with Gasteiger partial charge in [0.15, 0.2) is 0 Å². The average Bonchev–Trinajstić information content (AvgIpc) is 2.81. The van der Waals surface area contributed by atoms with Gasteiger partial charge in [-0.2, -0.15) is 0 Å². The van der Waals surface area contributed by atoms with E-state index in [1.165, 1.54) is 44.9 Å². The maximum atomic E-state index is 12.8. The molecule has 3 saturated carbocycles. The van der Waals surface area contributed by atoms with E-state index in [-0.39, 0.29) is 0 Å². The van der Waals surface area contributed by atoms with Crippen molar-refractivity contribution < 1.29 is 4.79 Å². The number of hydrogen-bond acceptors (Lipinski definition) is 1. The summed E-state index contributed by atoms with van der Waals surface area (Å²) >= 11 is 0. The van der Waals surface area contributed by atoms with Crippen molar-refractivity contribution in [1.82, 2.24) is 0 Å². The second kappa shape index (κ2) is 4.21. The summed E-state index contributed by atoms with van der Waals surface area (Å²) in [6.45, 7) is 4.91. The van der Waals surface area contributed by atoms with E-state index in [9.17, 15) is 4.79 Å². The van der Waals surface area contributed by atoms with Gasteiger partial charge in [0, 0.05) is 12.3 Å². The Hall–Kier alpha value is -0.590. The molecule has 0 aromatic heterocycles. The topological polar surface area (TPSA) is 17.1 Å². The molecule has 0 radical (unpaired) electrons. The van der Waals surface area contributed by atoms with Gasteiger partial charge in [0.25, 0.3) is 0 Å². The molecule has 6 unspecified atom stereocenters. The van der Waals surface area contributed by atoms with Crippen LogP contribution in [0.15, 0.2) is 12.2 Å². The summed E-state index contributed by atoms with van der Waals surface area (Å²) < 4.78 is 0. The lowest BCUT2D eigenvalue weighted by Gasteiger charge is -2.59. The molecule has 4 rings (SSSR count). The Morgan fingerprint density at radius 2 is 1.95 bits per heavy atom. The summed E-state index contributed by atoms with van der Waals surface area (Å²) in [7, 11) is 0. The number of hydrogen-bond donors (Lipinski definition) is 0. The number of ketones is 1. The predicted octanol–water partition coefficient (Wildman–Crippen LogP) is 4.76. The van der Waals surface area contributed by atoms with Crippen LogP contribution in [0.1, 0.15) is 65.2 Å². The highest BCUT2D eigenvalue weighted by molar-refractivity contribution is 5.83. The van der Waals surface area contributed by atoms with E-state index in [1.54, 1.807) is 0 Å². The van der Waals surface area contributed by atoms with E-state index in [1.807, 2.05) is 0 Å². The fraction of sp³-hybridized carbons (Fsp3) is 0.842. The van der Waals surface area contributed by atoms with Crippen molar-refractivity contribution in [3.8, 4) is 0 Å². The molecule has 6 atom stereocenters. The molecule has 0 heterocycles. The van der Waals surface area contributed by atoms with Crippen molar-refractivity contribution in [3.05, 3.63) is 12.2 Å². The highest BCUT2D eigenvalue weighted by atomic mass is 16.1. The maximum absolute atomic E-state index is 12.8. The van der Waals surface area contributed by atoms with Crippen LogP contribution in [0.3, 0.4) is 0 Å². The third-order valence-corrected chi connectivity index (χ3v) is 7.69. The smallest absolute Gasteiger partial charge is 0.136 e. The van der Waals surface area contributed by atoms with Crippen LogP contribution in [0, 0.1) is 34.5 Å². The van der Waals surface area contributed by atoms with Crippen LogP contribution >= 0.6 is 0 Å². The Morgan fingerprint density at radius 1 is 1.10 bits per heavy atom. The first kappa shape index (κ1) is 13.1. The zero-order valence-electron chi connectivity index (χ0n) is 13.0. The van der Waals surface area contributed by atoms with Gasteiger partial charge in [-0.25, -0.2) is 0 Å². The minimum absolute atomic E-state index is 0.335. The number of carbonyl (C=O) groups is 1. The zero-order chi connectivity index (χ0) is 14.0. The van der Waals surface area contributed by atoms with E-state index in [2.05, 4.69) is 26.0 Å². The van der Waals surface area contributed by atoms with E-state index >= 15 is 0 Å². The van der Waals surface area contributed by atoms with Crippen LogP contribution in [0.5, 0.6) is 0 Å². The van der Waals surface area contributed by atoms with E-state index < -0.39 is 0 Å². The Balaban J connectivity index is 1.70. The van der Waals surface area contributed by atoms with E-state index in [0.717, 1.165) is 18.3 Å². The number of fused-ring (bicyclic) bond motifs is 5. The fourth-order valence-corrected chi connectivity index (χ4v) is 6.58. The highest BCUT2D eigenvalue weighted by Crippen LogP contribution is 2.64. The molecule has 4 aliphatic carbocycles. The molecule has 0 spiro atoms. The molecule has 110 valence electrons. The molecule has 0 bridgehead atoms. The molecular weight excluding hydrogens is 244 g/mol. The van der Waals surface area contributed by atoms with Gasteiger partial charge in [0.1, 0.15) is 5.78 Å². The molecular formula is C19H28O. The zero-order valence-corrected chi connectivity index (χ0v) is 13.0. The third kappa shape index (κ3) is 1.58. The summed E-state index contributed by atoms with van der Waals surface area (Å²) in [4.78, 5) is 12.8. The van der Waals surface area contributed by atoms with Crippen LogP contribution in [0.2, 0.25) is 0 Å². The van der Waals surface area contributed by atoms with Crippen LogP contribution in [-0.2, 0) is 4.79 Å². The average molecular weight is 272 g/mol. The molecule has 0 N–H and O–H groups in total. The van der Waals surface area contributed by atoms with Crippen molar-refractivity contribution in [1.29, 1.82) is 0 Å². The Morgan fingerprint density at radius 3 is 2.80 bits per heavy atom. The van der Waals surface area contributed by atoms with Gasteiger partial charge in [-0.1, -0.05) is 38.8 Å². The van der Waals surface area contributed by atoms with Crippen molar-refractivity contribution >= 4 is 5.78 Å². The largest absolute Gasteiger partial charge is 0.299 e. The molecule has 0 aromatic rings. The summed E-state index contributed by atoms with van der Waals surface area (Å²) in [5, 5.41) is 0. The van der Waals surface area contributed by atoms with Crippen molar-refractivity contribution in [3.63, 3.8) is 0 Å². The van der Waals surface area contributed by atoms with Gasteiger partial charge in [0.2, 0.25) is 0 Å². The molecule has 1 nitrogen and oxygen atoms in total. The maximum Gasteiger partial charge on any atom is 0.136 e. The van der Waals surface area contributed by atoms with Crippen molar-refractivity contribution in [2.45, 2.75) is 65.2 Å². The van der Waals surface area contributed by atoms with Gasteiger partial charge in [0.05, 0.1) is 0 Å². The van der Waals surface area contributed by atoms with Crippen molar-refractivity contribution in [2.75, 3.05) is 0 Å². The van der Waals surface area contributed by atoms with Gasteiger partial charge >= 0.3 is 0 Å². The second-order valence-corrected chi connectivity index (χ2v) is 8.53. The molecule has 20 heavy (non-hydrogen) atoms. The van der Waals surface area contributed by atoms with E-state index in [0.29, 0.717) is 28.4 Å². The lowest BCUT2D eigenvalue weighted by atomic mass is 9.45.